The molecule has 0 aliphatic heterocycles. The summed E-state index contributed by atoms with van der Waals surface area (Å²) in [5, 5.41) is 0. The van der Waals surface area contributed by atoms with Crippen molar-refractivity contribution < 1.29 is 0 Å². The molecule has 0 aliphatic rings. The normalized spacial score (nSPS) is 12.7. The van der Waals surface area contributed by atoms with Crippen LogP contribution in [0.1, 0.15) is 38.2 Å². The molecule has 0 amide bonds. The Balaban J connectivity index is 2.05. The van der Waals surface area contributed by atoms with E-state index in [0.29, 0.717) is 4.83 Å². The molecule has 0 bridgehead atoms. The van der Waals surface area contributed by atoms with E-state index >= 15 is 0 Å². The SMILES string of the molecule is CC(Br)CCCCCc1ccccc1. The lowest BCUT2D eigenvalue weighted by Gasteiger charge is -2.03. The average Bonchev–Trinajstić information content (AvgIpc) is 2.18. The largest absolute Gasteiger partial charge is 0.0894 e. The molecule has 14 heavy (non-hydrogen) atoms. The van der Waals surface area contributed by atoms with E-state index in [1.54, 1.807) is 0 Å². The Morgan fingerprint density at radius 1 is 1.07 bits per heavy atom. The molecule has 0 heterocycles. The van der Waals surface area contributed by atoms with E-state index in [0.717, 1.165) is 0 Å². The van der Waals surface area contributed by atoms with Crippen LogP contribution in [0.2, 0.25) is 0 Å². The maximum atomic E-state index is 3.57. The van der Waals surface area contributed by atoms with Crippen LogP contribution in [0.3, 0.4) is 0 Å². The summed E-state index contributed by atoms with van der Waals surface area (Å²) in [5.41, 5.74) is 1.47. The van der Waals surface area contributed by atoms with Crippen LogP contribution >= 0.6 is 15.9 Å². The molecule has 0 aromatic heterocycles. The van der Waals surface area contributed by atoms with Gasteiger partial charge in [-0.05, 0) is 24.8 Å². The fourth-order valence-electron chi connectivity index (χ4n) is 1.58. The second-order valence-corrected chi connectivity index (χ2v) is 5.43. The Labute approximate surface area is 95.9 Å². The summed E-state index contributed by atoms with van der Waals surface area (Å²) in [6, 6.07) is 10.8. The molecule has 0 radical (unpaired) electrons. The van der Waals surface area contributed by atoms with Gasteiger partial charge in [-0.15, -0.1) is 0 Å². The highest BCUT2D eigenvalue weighted by Gasteiger charge is 1.96. The highest BCUT2D eigenvalue weighted by Crippen LogP contribution is 2.12. The van der Waals surface area contributed by atoms with Gasteiger partial charge in [-0.25, -0.2) is 0 Å². The highest BCUT2D eigenvalue weighted by molar-refractivity contribution is 9.09. The van der Waals surface area contributed by atoms with Gasteiger partial charge in [-0.3, -0.25) is 0 Å². The Kier molecular flexibility index (Phi) is 5.93. The first-order valence-electron chi connectivity index (χ1n) is 5.47. The van der Waals surface area contributed by atoms with E-state index in [1.807, 2.05) is 0 Å². The molecule has 0 spiro atoms. The number of aryl methyl sites for hydroxylation is 1. The van der Waals surface area contributed by atoms with Crippen LogP contribution < -0.4 is 0 Å². The van der Waals surface area contributed by atoms with Gasteiger partial charge < -0.3 is 0 Å². The van der Waals surface area contributed by atoms with Crippen LogP contribution in [-0.4, -0.2) is 4.83 Å². The van der Waals surface area contributed by atoms with Gasteiger partial charge in [-0.2, -0.15) is 0 Å². The predicted molar refractivity (Wildman–Crippen MR) is 67.0 cm³/mol. The summed E-state index contributed by atoms with van der Waals surface area (Å²) in [6.07, 6.45) is 6.56. The maximum absolute atomic E-state index is 3.57. The molecule has 1 aromatic carbocycles. The molecule has 1 heteroatoms. The van der Waals surface area contributed by atoms with Gasteiger partial charge in [0.2, 0.25) is 0 Å². The van der Waals surface area contributed by atoms with Crippen LogP contribution in [0.5, 0.6) is 0 Å². The van der Waals surface area contributed by atoms with E-state index in [1.165, 1.54) is 37.7 Å². The van der Waals surface area contributed by atoms with E-state index in [2.05, 4.69) is 53.2 Å². The lowest BCUT2D eigenvalue weighted by molar-refractivity contribution is 0.642. The number of alkyl halides is 1. The molecule has 0 nitrogen and oxygen atoms in total. The number of unbranched alkanes of at least 4 members (excludes halogenated alkanes) is 2. The molecule has 0 fully saturated rings. The monoisotopic (exact) mass is 254 g/mol. The molecular weight excluding hydrogens is 236 g/mol. The van der Waals surface area contributed by atoms with E-state index in [9.17, 15) is 0 Å². The molecule has 78 valence electrons. The zero-order valence-electron chi connectivity index (χ0n) is 8.88. The third-order valence-electron chi connectivity index (χ3n) is 2.41. The highest BCUT2D eigenvalue weighted by atomic mass is 79.9. The molecular formula is C13H19Br. The smallest absolute Gasteiger partial charge is 0.0117 e. The quantitative estimate of drug-likeness (QED) is 0.516. The second kappa shape index (κ2) is 7.05. The number of benzene rings is 1. The van der Waals surface area contributed by atoms with Gasteiger partial charge in [0.05, 0.1) is 0 Å². The number of hydrogen-bond donors (Lipinski definition) is 0. The lowest BCUT2D eigenvalue weighted by Crippen LogP contribution is -1.90. The summed E-state index contributed by atoms with van der Waals surface area (Å²) in [4.78, 5) is 0.680. The molecule has 0 saturated carbocycles. The van der Waals surface area contributed by atoms with Crippen molar-refractivity contribution >= 4 is 15.9 Å². The minimum atomic E-state index is 0.680. The summed E-state index contributed by atoms with van der Waals surface area (Å²) in [6.45, 7) is 2.22. The topological polar surface area (TPSA) is 0 Å². The average molecular weight is 255 g/mol. The molecule has 0 saturated heterocycles. The van der Waals surface area contributed by atoms with Gasteiger partial charge in [0, 0.05) is 4.83 Å². The number of hydrogen-bond acceptors (Lipinski definition) is 0. The lowest BCUT2D eigenvalue weighted by atomic mass is 10.1. The van der Waals surface area contributed by atoms with Crippen molar-refractivity contribution in [2.24, 2.45) is 0 Å². The summed E-state index contributed by atoms with van der Waals surface area (Å²) >= 11 is 3.57. The maximum Gasteiger partial charge on any atom is 0.0117 e. The fourth-order valence-corrected chi connectivity index (χ4v) is 1.90. The van der Waals surface area contributed by atoms with Crippen LogP contribution in [0.4, 0.5) is 0 Å². The zero-order valence-corrected chi connectivity index (χ0v) is 10.5. The molecule has 1 unspecified atom stereocenters. The molecule has 0 aliphatic carbocycles. The predicted octanol–water partition coefficient (Wildman–Crippen LogP) is 4.57. The van der Waals surface area contributed by atoms with Crippen LogP contribution in [0.15, 0.2) is 30.3 Å². The number of rotatable bonds is 6. The summed E-state index contributed by atoms with van der Waals surface area (Å²) in [7, 11) is 0. The molecule has 1 rings (SSSR count). The van der Waals surface area contributed by atoms with Crippen molar-refractivity contribution in [1.82, 2.24) is 0 Å². The van der Waals surface area contributed by atoms with Gasteiger partial charge in [0.15, 0.2) is 0 Å². The first-order chi connectivity index (χ1) is 6.79. The summed E-state index contributed by atoms with van der Waals surface area (Å²) in [5.74, 6) is 0. The van der Waals surface area contributed by atoms with E-state index in [-0.39, 0.29) is 0 Å². The second-order valence-electron chi connectivity index (χ2n) is 3.87. The number of halogens is 1. The molecule has 0 N–H and O–H groups in total. The van der Waals surface area contributed by atoms with Crippen molar-refractivity contribution in [1.29, 1.82) is 0 Å². The van der Waals surface area contributed by atoms with Crippen LogP contribution in [0.25, 0.3) is 0 Å². The first-order valence-corrected chi connectivity index (χ1v) is 6.38. The van der Waals surface area contributed by atoms with Crippen molar-refractivity contribution in [3.63, 3.8) is 0 Å². The van der Waals surface area contributed by atoms with Crippen molar-refractivity contribution in [2.75, 3.05) is 0 Å². The summed E-state index contributed by atoms with van der Waals surface area (Å²) < 4.78 is 0. The first kappa shape index (κ1) is 11.8. The van der Waals surface area contributed by atoms with Crippen molar-refractivity contribution in [3.8, 4) is 0 Å². The third-order valence-corrected chi connectivity index (χ3v) is 2.87. The van der Waals surface area contributed by atoms with Crippen molar-refractivity contribution in [3.05, 3.63) is 35.9 Å². The van der Waals surface area contributed by atoms with Crippen molar-refractivity contribution in [2.45, 2.75) is 43.9 Å². The van der Waals surface area contributed by atoms with Crippen LogP contribution in [-0.2, 0) is 6.42 Å². The molecule has 1 aromatic rings. The standard InChI is InChI=1S/C13H19Br/c1-12(14)8-4-2-5-9-13-10-6-3-7-11-13/h3,6-7,10-12H,2,4-5,8-9H2,1H3. The third kappa shape index (κ3) is 5.43. The minimum Gasteiger partial charge on any atom is -0.0894 e. The molecule has 1 atom stereocenters. The van der Waals surface area contributed by atoms with E-state index < -0.39 is 0 Å². The van der Waals surface area contributed by atoms with Gasteiger partial charge in [0.25, 0.3) is 0 Å². The minimum absolute atomic E-state index is 0.680. The Bertz CT molecular complexity index is 228. The van der Waals surface area contributed by atoms with Gasteiger partial charge >= 0.3 is 0 Å². The van der Waals surface area contributed by atoms with E-state index in [4.69, 9.17) is 0 Å². The Morgan fingerprint density at radius 2 is 1.79 bits per heavy atom. The Hall–Kier alpha value is -0.300. The zero-order chi connectivity index (χ0) is 10.2. The Morgan fingerprint density at radius 3 is 2.43 bits per heavy atom. The fraction of sp³-hybridized carbons (Fsp3) is 0.538. The van der Waals surface area contributed by atoms with Gasteiger partial charge in [0.1, 0.15) is 0 Å². The van der Waals surface area contributed by atoms with Gasteiger partial charge in [-0.1, -0.05) is 66.0 Å². The van der Waals surface area contributed by atoms with Crippen LogP contribution in [0, 0.1) is 0 Å².